The summed E-state index contributed by atoms with van der Waals surface area (Å²) in [6, 6.07) is 0. The van der Waals surface area contributed by atoms with Gasteiger partial charge in [-0.3, -0.25) is 33.6 Å². The van der Waals surface area contributed by atoms with E-state index in [1.54, 1.807) is 43.2 Å². The van der Waals surface area contributed by atoms with Crippen molar-refractivity contribution in [2.45, 2.75) is 128 Å². The van der Waals surface area contributed by atoms with Crippen LogP contribution in [0.15, 0.2) is 47.6 Å². The van der Waals surface area contributed by atoms with Crippen molar-refractivity contribution in [2.75, 3.05) is 13.1 Å². The third-order valence-electron chi connectivity index (χ3n) is 18.6. The number of ketones is 4. The maximum atomic E-state index is 13.1. The first-order valence-corrected chi connectivity index (χ1v) is 25.3. The van der Waals surface area contributed by atoms with Crippen LogP contribution in [0.5, 0.6) is 0 Å². The molecular weight excluding hydrogens is 977 g/mol. The number of allylic oxidation sites excluding steroid dienone is 8. The van der Waals surface area contributed by atoms with Gasteiger partial charge in [-0.2, -0.15) is 0 Å². The fraction of sp³-hybridized carbons (Fsp3) is 0.640. The molecule has 20 nitrogen and oxygen atoms in total. The number of rotatable bonds is 6. The van der Waals surface area contributed by atoms with Crippen molar-refractivity contribution in [1.29, 1.82) is 0 Å². The number of aliphatic hydroxyl groups is 4. The third-order valence-corrected chi connectivity index (χ3v) is 19.0. The van der Waals surface area contributed by atoms with Crippen LogP contribution >= 0.6 is 18.9 Å². The van der Waals surface area contributed by atoms with Crippen LogP contribution in [-0.2, 0) is 61.8 Å². The molecule has 0 aromatic rings. The van der Waals surface area contributed by atoms with Crippen molar-refractivity contribution in [1.82, 2.24) is 10.4 Å². The molecule has 22 heteroatoms. The minimum Gasteiger partial charge on any atom is -0.444 e. The average Bonchev–Trinajstić information content (AvgIpc) is 3.92. The Hall–Kier alpha value is -4.68. The van der Waals surface area contributed by atoms with E-state index in [1.807, 2.05) is 26.0 Å². The predicted molar refractivity (Wildman–Crippen MR) is 257 cm³/mol. The van der Waals surface area contributed by atoms with Crippen molar-refractivity contribution >= 4 is 77.7 Å². The number of carbonyl (C=O) groups excluding carboxylic acids is 10. The number of hydroxylamine groups is 2. The van der Waals surface area contributed by atoms with E-state index in [2.05, 4.69) is 33.0 Å². The largest absolute Gasteiger partial charge is 0.444 e. The zero-order valence-electron chi connectivity index (χ0n) is 40.8. The summed E-state index contributed by atoms with van der Waals surface area (Å²) in [6.07, 6.45) is 15.0. The molecule has 8 aliphatic carbocycles. The second-order valence-corrected chi connectivity index (χ2v) is 22.2. The first-order chi connectivity index (χ1) is 33.7. The molecule has 1 saturated heterocycles. The SMILES string of the molecule is CC12C=CC(=O)C=C1CCC1C2C(O)CC2(C)C1CCC2(O)C(=O)CN.CC12C=CC(=O)C=C1CCC1C2C(O)CC2(C)C1CCC2(O)C(=O)CNC(=O)C(=O)OP.O=C(OP)C(=O)ON1C(=O)CCC1=O. The van der Waals surface area contributed by atoms with E-state index in [0.717, 1.165) is 43.3 Å². The normalized spacial score (nSPS) is 39.8. The van der Waals surface area contributed by atoms with Gasteiger partial charge >= 0.3 is 23.8 Å². The van der Waals surface area contributed by atoms with E-state index in [9.17, 15) is 68.4 Å². The van der Waals surface area contributed by atoms with Crippen molar-refractivity contribution in [2.24, 2.45) is 62.9 Å². The number of nitrogens with two attached hydrogens (primary N) is 1. The van der Waals surface area contributed by atoms with Gasteiger partial charge in [0.15, 0.2) is 23.1 Å². The Bertz CT molecular complexity index is 2480. The standard InChI is InChI=1S/C23H30NO7P.C21H29NO4.C6H6NO6P/c1-21-7-5-13(25)9-12(21)3-4-14-15-6-8-23(30,22(15,2)10-16(26)18(14)21)17(27)11-24-19(28)20(29)31-32;1-19-7-5-13(23)9-12(19)3-4-14-15-6-8-21(26,17(25)11-22)20(15,2)10-16(24)18(14)19;8-3-1-2-4(9)7(3)12-5(10)6(11)13-14/h5,7,9,14-16,18,26,30H,3-4,6,8,10-11,32H2,1-2H3,(H,24,28);5,7,9,14-16,18,24,26H,3-4,6,8,10-11,22H2,1-2H3;1-2,14H2. The fourth-order valence-corrected chi connectivity index (χ4v) is 15.2. The van der Waals surface area contributed by atoms with Gasteiger partial charge in [0.2, 0.25) is 0 Å². The number of fused-ring (bicyclic) bond motifs is 10. The molecule has 7 fully saturated rings. The van der Waals surface area contributed by atoms with Gasteiger partial charge in [0.25, 0.3) is 11.8 Å². The van der Waals surface area contributed by atoms with Crippen LogP contribution in [0.3, 0.4) is 0 Å². The molecule has 6 saturated carbocycles. The monoisotopic (exact) mass is 1040 g/mol. The molecule has 0 bridgehead atoms. The van der Waals surface area contributed by atoms with Gasteiger partial charge in [-0.1, -0.05) is 51.0 Å². The molecule has 0 radical (unpaired) electrons. The molecule has 7 N–H and O–H groups in total. The van der Waals surface area contributed by atoms with E-state index in [0.29, 0.717) is 19.3 Å². The van der Waals surface area contributed by atoms with Crippen LogP contribution in [0.25, 0.3) is 0 Å². The number of nitrogens with zero attached hydrogens (tertiary/aromatic N) is 1. The zero-order chi connectivity index (χ0) is 53.1. The molecule has 3 amide bonds. The lowest BCUT2D eigenvalue weighted by Gasteiger charge is -2.59. The van der Waals surface area contributed by atoms with Gasteiger partial charge in [-0.05, 0) is 112 Å². The molecule has 16 atom stereocenters. The Morgan fingerprint density at radius 1 is 0.667 bits per heavy atom. The quantitative estimate of drug-likeness (QED) is 0.125. The fourth-order valence-electron chi connectivity index (χ4n) is 15.0. The van der Waals surface area contributed by atoms with Crippen molar-refractivity contribution < 1.29 is 82.3 Å². The first-order valence-electron chi connectivity index (χ1n) is 24.3. The Kier molecular flexibility index (Phi) is 15.5. The summed E-state index contributed by atoms with van der Waals surface area (Å²) >= 11 is 0. The van der Waals surface area contributed by atoms with E-state index >= 15 is 0 Å². The molecule has 9 aliphatic rings. The van der Waals surface area contributed by atoms with E-state index in [4.69, 9.17) is 5.73 Å². The molecule has 1 heterocycles. The number of imide groups is 1. The second-order valence-electron chi connectivity index (χ2n) is 21.7. The number of aliphatic hydroxyl groups excluding tert-OH is 2. The Balaban J connectivity index is 0.000000170. The highest BCUT2D eigenvalue weighted by Gasteiger charge is 2.69. The molecule has 0 aromatic carbocycles. The van der Waals surface area contributed by atoms with Gasteiger partial charge in [0, 0.05) is 46.3 Å². The Labute approximate surface area is 420 Å². The van der Waals surface area contributed by atoms with E-state index in [-0.39, 0.29) is 95.6 Å². The van der Waals surface area contributed by atoms with Crippen molar-refractivity contribution in [3.8, 4) is 0 Å². The maximum absolute atomic E-state index is 13.1. The molecule has 9 rings (SSSR count). The van der Waals surface area contributed by atoms with Crippen LogP contribution < -0.4 is 11.1 Å². The lowest BCUT2D eigenvalue weighted by Crippen LogP contribution is -2.62. The van der Waals surface area contributed by atoms with Gasteiger partial charge in [0.05, 0.1) is 44.2 Å². The molecule has 16 unspecified atom stereocenters. The van der Waals surface area contributed by atoms with Crippen LogP contribution in [-0.4, -0.2) is 121 Å². The molecule has 392 valence electrons. The highest BCUT2D eigenvalue weighted by Crippen LogP contribution is 2.68. The van der Waals surface area contributed by atoms with Gasteiger partial charge < -0.3 is 45.4 Å². The summed E-state index contributed by atoms with van der Waals surface area (Å²) in [4.78, 5) is 120. The molecular formula is C50H65N3O17P2. The number of hydrogen-bond acceptors (Lipinski definition) is 18. The first kappa shape index (κ1) is 55.1. The highest BCUT2D eigenvalue weighted by atomic mass is 31.0. The van der Waals surface area contributed by atoms with Crippen molar-refractivity contribution in [3.63, 3.8) is 0 Å². The Morgan fingerprint density at radius 2 is 1.10 bits per heavy atom. The van der Waals surface area contributed by atoms with Crippen LogP contribution in [0.1, 0.15) is 105 Å². The highest BCUT2D eigenvalue weighted by molar-refractivity contribution is 7.11. The topological polar surface area (TPSA) is 321 Å². The molecule has 0 spiro atoms. The second kappa shape index (κ2) is 20.2. The summed E-state index contributed by atoms with van der Waals surface area (Å²) in [5.41, 5.74) is 2.34. The van der Waals surface area contributed by atoms with Crippen LogP contribution in [0, 0.1) is 57.2 Å². The lowest BCUT2D eigenvalue weighted by molar-refractivity contribution is -0.200. The number of carbonyl (C=O) groups is 10. The minimum absolute atomic E-state index is 0.0141. The molecule has 72 heavy (non-hydrogen) atoms. The van der Waals surface area contributed by atoms with Gasteiger partial charge in [-0.15, -0.1) is 5.06 Å². The maximum Gasteiger partial charge on any atom is 0.442 e. The summed E-state index contributed by atoms with van der Waals surface area (Å²) in [5, 5.41) is 47.8. The van der Waals surface area contributed by atoms with Gasteiger partial charge in [-0.25, -0.2) is 14.4 Å². The van der Waals surface area contributed by atoms with E-state index in [1.165, 1.54) is 0 Å². The minimum atomic E-state index is -1.71. The lowest BCUT2D eigenvalue weighted by atomic mass is 9.46. The number of Topliss-reactive ketones (excluding diaryl/α,β-unsaturated/α-hetero) is 2. The van der Waals surface area contributed by atoms with Crippen molar-refractivity contribution in [3.05, 3.63) is 47.6 Å². The Morgan fingerprint density at radius 3 is 1.51 bits per heavy atom. The zero-order valence-corrected chi connectivity index (χ0v) is 43.1. The number of hydrogen-bond donors (Lipinski definition) is 6. The van der Waals surface area contributed by atoms with E-state index < -0.39 is 87.6 Å². The predicted octanol–water partition coefficient (Wildman–Crippen LogP) is 1.47. The summed E-state index contributed by atoms with van der Waals surface area (Å²) < 4.78 is 8.21. The number of nitrogens with one attached hydrogen (secondary N) is 1. The van der Waals surface area contributed by atoms with Crippen LogP contribution in [0.2, 0.25) is 0 Å². The summed E-state index contributed by atoms with van der Waals surface area (Å²) in [7, 11) is 3.22. The third kappa shape index (κ3) is 9.00. The molecule has 0 aromatic heterocycles. The summed E-state index contributed by atoms with van der Waals surface area (Å²) in [5.74, 6) is -6.67. The van der Waals surface area contributed by atoms with Crippen LogP contribution in [0.4, 0.5) is 0 Å². The smallest absolute Gasteiger partial charge is 0.442 e. The number of amides is 3. The summed E-state index contributed by atoms with van der Waals surface area (Å²) in [6.45, 7) is 7.35. The molecule has 1 aliphatic heterocycles. The van der Waals surface area contributed by atoms with Gasteiger partial charge in [0.1, 0.15) is 11.2 Å². The average molecular weight is 1040 g/mol.